The van der Waals surface area contributed by atoms with Crippen molar-refractivity contribution < 1.29 is 0 Å². The van der Waals surface area contributed by atoms with E-state index in [0.29, 0.717) is 0 Å². The van der Waals surface area contributed by atoms with Gasteiger partial charge in [-0.25, -0.2) is 0 Å². The second kappa shape index (κ2) is 8.53. The van der Waals surface area contributed by atoms with E-state index in [0.717, 1.165) is 6.42 Å². The van der Waals surface area contributed by atoms with Gasteiger partial charge in [-0.1, -0.05) is 76.8 Å². The van der Waals surface area contributed by atoms with E-state index in [1.165, 1.54) is 49.7 Å². The Morgan fingerprint density at radius 1 is 0.864 bits per heavy atom. The van der Waals surface area contributed by atoms with Crippen molar-refractivity contribution in [1.29, 1.82) is 0 Å². The van der Waals surface area contributed by atoms with Gasteiger partial charge in [0.05, 0.1) is 0 Å². The summed E-state index contributed by atoms with van der Waals surface area (Å²) < 4.78 is 0. The molecule has 0 aliphatic heterocycles. The molecule has 1 heteroatoms. The number of rotatable bonds is 9. The third kappa shape index (κ3) is 3.81. The third-order valence-corrected chi connectivity index (χ3v) is 5.90. The summed E-state index contributed by atoms with van der Waals surface area (Å²) >= 11 is 1.94. The molecule has 1 aromatic heterocycles. The van der Waals surface area contributed by atoms with Crippen LogP contribution >= 0.6 is 11.3 Å². The molecule has 0 saturated carbocycles. The molecule has 120 valence electrons. The summed E-state index contributed by atoms with van der Waals surface area (Å²) in [7, 11) is 0. The molecule has 0 aliphatic carbocycles. The van der Waals surface area contributed by atoms with Crippen molar-refractivity contribution >= 4 is 11.3 Å². The minimum atomic E-state index is 0.229. The summed E-state index contributed by atoms with van der Waals surface area (Å²) in [6, 6.07) is 14.0. The maximum atomic E-state index is 2.39. The van der Waals surface area contributed by atoms with E-state index in [2.05, 4.69) is 62.5 Å². The molecule has 1 heterocycles. The summed E-state index contributed by atoms with van der Waals surface area (Å²) in [6.07, 6.45) is 8.81. The number of hydrogen-bond donors (Lipinski definition) is 0. The zero-order chi connectivity index (χ0) is 15.8. The van der Waals surface area contributed by atoms with Gasteiger partial charge in [-0.2, -0.15) is 0 Å². The van der Waals surface area contributed by atoms with Crippen molar-refractivity contribution in [3.05, 3.63) is 57.8 Å². The van der Waals surface area contributed by atoms with Gasteiger partial charge in [0.15, 0.2) is 0 Å². The second-order valence-electron chi connectivity index (χ2n) is 6.32. The Morgan fingerprint density at radius 2 is 1.50 bits per heavy atom. The van der Waals surface area contributed by atoms with E-state index >= 15 is 0 Å². The molecule has 0 saturated heterocycles. The van der Waals surface area contributed by atoms with Crippen LogP contribution in [0.5, 0.6) is 0 Å². The lowest BCUT2D eigenvalue weighted by atomic mass is 9.71. The zero-order valence-corrected chi connectivity index (χ0v) is 15.2. The first-order valence-corrected chi connectivity index (χ1v) is 9.78. The first-order valence-electron chi connectivity index (χ1n) is 8.90. The van der Waals surface area contributed by atoms with E-state index in [1.807, 2.05) is 11.3 Å². The molecular weight excluding hydrogens is 284 g/mol. The van der Waals surface area contributed by atoms with E-state index in [-0.39, 0.29) is 5.41 Å². The number of thiophene rings is 1. The van der Waals surface area contributed by atoms with Crippen LogP contribution in [0.1, 0.15) is 75.3 Å². The van der Waals surface area contributed by atoms with Crippen LogP contribution in [0, 0.1) is 0 Å². The lowest BCUT2D eigenvalue weighted by Crippen LogP contribution is -2.27. The van der Waals surface area contributed by atoms with Crippen LogP contribution < -0.4 is 0 Å². The third-order valence-electron chi connectivity index (χ3n) is 4.82. The lowest BCUT2D eigenvalue weighted by molar-refractivity contribution is 0.412. The van der Waals surface area contributed by atoms with Crippen molar-refractivity contribution in [2.75, 3.05) is 0 Å². The molecule has 0 atom stereocenters. The minimum Gasteiger partial charge on any atom is -0.148 e. The minimum absolute atomic E-state index is 0.229. The van der Waals surface area contributed by atoms with Gasteiger partial charge >= 0.3 is 0 Å². The van der Waals surface area contributed by atoms with Crippen molar-refractivity contribution in [2.24, 2.45) is 0 Å². The monoisotopic (exact) mass is 314 g/mol. The molecule has 0 spiro atoms. The second-order valence-corrected chi connectivity index (χ2v) is 7.26. The Hall–Kier alpha value is -1.08. The molecule has 0 N–H and O–H groups in total. The normalized spacial score (nSPS) is 11.8. The topological polar surface area (TPSA) is 0 Å². The SMILES string of the molecule is CCCCC(CCCC)(c1ccc(CC)cc1)c1cccs1. The van der Waals surface area contributed by atoms with Gasteiger partial charge in [0, 0.05) is 10.3 Å². The van der Waals surface area contributed by atoms with Crippen LogP contribution in [0.2, 0.25) is 0 Å². The first-order chi connectivity index (χ1) is 10.8. The summed E-state index contributed by atoms with van der Waals surface area (Å²) in [5.74, 6) is 0. The Bertz CT molecular complexity index is 514. The molecule has 2 aromatic rings. The van der Waals surface area contributed by atoms with Gasteiger partial charge in [0.1, 0.15) is 0 Å². The first kappa shape index (κ1) is 17.3. The molecule has 2 rings (SSSR count). The van der Waals surface area contributed by atoms with E-state index in [1.54, 1.807) is 4.88 Å². The highest BCUT2D eigenvalue weighted by Gasteiger charge is 2.33. The van der Waals surface area contributed by atoms with Crippen LogP contribution in [0.4, 0.5) is 0 Å². The number of unbranched alkanes of at least 4 members (excludes halogenated alkanes) is 2. The average molecular weight is 315 g/mol. The smallest absolute Gasteiger partial charge is 0.0296 e. The van der Waals surface area contributed by atoms with Crippen LogP contribution in [0.3, 0.4) is 0 Å². The predicted molar refractivity (Wildman–Crippen MR) is 100.0 cm³/mol. The molecule has 0 aliphatic rings. The highest BCUT2D eigenvalue weighted by molar-refractivity contribution is 7.10. The summed E-state index contributed by atoms with van der Waals surface area (Å²) in [5, 5.41) is 2.24. The van der Waals surface area contributed by atoms with Crippen molar-refractivity contribution in [2.45, 2.75) is 71.1 Å². The lowest BCUT2D eigenvalue weighted by Gasteiger charge is -2.34. The van der Waals surface area contributed by atoms with Crippen molar-refractivity contribution in [3.63, 3.8) is 0 Å². The average Bonchev–Trinajstić information content (AvgIpc) is 3.11. The van der Waals surface area contributed by atoms with Gasteiger partial charge in [0.25, 0.3) is 0 Å². The highest BCUT2D eigenvalue weighted by atomic mass is 32.1. The molecule has 0 nitrogen and oxygen atoms in total. The molecule has 0 fully saturated rings. The number of hydrogen-bond acceptors (Lipinski definition) is 1. The molecule has 0 bridgehead atoms. The van der Waals surface area contributed by atoms with Gasteiger partial charge in [0.2, 0.25) is 0 Å². The highest BCUT2D eigenvalue weighted by Crippen LogP contribution is 2.43. The van der Waals surface area contributed by atoms with Gasteiger partial charge < -0.3 is 0 Å². The summed E-state index contributed by atoms with van der Waals surface area (Å²) in [5.41, 5.74) is 3.19. The molecule has 22 heavy (non-hydrogen) atoms. The van der Waals surface area contributed by atoms with Crippen LogP contribution in [0.25, 0.3) is 0 Å². The number of benzene rings is 1. The van der Waals surface area contributed by atoms with E-state index < -0.39 is 0 Å². The molecule has 0 radical (unpaired) electrons. The van der Waals surface area contributed by atoms with Crippen LogP contribution in [-0.2, 0) is 11.8 Å². The van der Waals surface area contributed by atoms with Crippen LogP contribution in [0.15, 0.2) is 41.8 Å². The zero-order valence-electron chi connectivity index (χ0n) is 14.4. The fraction of sp³-hybridized carbons (Fsp3) is 0.524. The largest absolute Gasteiger partial charge is 0.148 e. The predicted octanol–water partition coefficient (Wildman–Crippen LogP) is 6.98. The Morgan fingerprint density at radius 3 is 1.95 bits per heavy atom. The quantitative estimate of drug-likeness (QED) is 0.468. The van der Waals surface area contributed by atoms with Crippen molar-refractivity contribution in [1.82, 2.24) is 0 Å². The fourth-order valence-corrected chi connectivity index (χ4v) is 4.38. The summed E-state index contributed by atoms with van der Waals surface area (Å²) in [6.45, 7) is 6.84. The molecular formula is C21H30S. The van der Waals surface area contributed by atoms with Gasteiger partial charge in [-0.3, -0.25) is 0 Å². The molecule has 1 aromatic carbocycles. The Balaban J connectivity index is 2.44. The molecule has 0 amide bonds. The maximum Gasteiger partial charge on any atom is 0.0296 e. The molecule has 0 unspecified atom stereocenters. The summed E-state index contributed by atoms with van der Waals surface area (Å²) in [4.78, 5) is 1.55. The standard InChI is InChI=1S/C21H30S/c1-4-7-15-21(16-8-5-2,20-10-9-17-22-20)19-13-11-18(6-3)12-14-19/h9-14,17H,4-8,15-16H2,1-3H3. The van der Waals surface area contributed by atoms with E-state index in [9.17, 15) is 0 Å². The van der Waals surface area contributed by atoms with Gasteiger partial charge in [-0.15, -0.1) is 11.3 Å². The maximum absolute atomic E-state index is 2.39. The van der Waals surface area contributed by atoms with Crippen molar-refractivity contribution in [3.8, 4) is 0 Å². The van der Waals surface area contributed by atoms with E-state index in [4.69, 9.17) is 0 Å². The number of aryl methyl sites for hydroxylation is 1. The van der Waals surface area contributed by atoms with Gasteiger partial charge in [-0.05, 0) is 41.8 Å². The fourth-order valence-electron chi connectivity index (χ4n) is 3.37. The Kier molecular flexibility index (Phi) is 6.70. The Labute approximate surface area is 140 Å². The van der Waals surface area contributed by atoms with Crippen LogP contribution in [-0.4, -0.2) is 0 Å².